The molecule has 6 nitrogen and oxygen atoms in total. The van der Waals surface area contributed by atoms with Gasteiger partial charge in [-0.3, -0.25) is 0 Å². The van der Waals surface area contributed by atoms with E-state index in [1.165, 1.54) is 6.33 Å². The number of nitriles is 2. The first-order chi connectivity index (χ1) is 9.65. The Hall–Kier alpha value is -2.34. The van der Waals surface area contributed by atoms with Crippen LogP contribution in [0.4, 0.5) is 11.6 Å². The quantitative estimate of drug-likeness (QED) is 0.766. The Balaban J connectivity index is 3.23. The van der Waals surface area contributed by atoms with Crippen molar-refractivity contribution < 1.29 is 0 Å². The molecule has 0 fully saturated rings. The van der Waals surface area contributed by atoms with Crippen molar-refractivity contribution in [3.8, 4) is 12.1 Å². The zero-order valence-corrected chi connectivity index (χ0v) is 12.2. The van der Waals surface area contributed by atoms with Crippen molar-refractivity contribution in [2.45, 2.75) is 33.1 Å². The lowest BCUT2D eigenvalue weighted by Gasteiger charge is -2.23. The SMILES string of the molecule is CCCNc1ncnc(N(CC#N)CC#N)c1C(C)C. The highest BCUT2D eigenvalue weighted by Crippen LogP contribution is 2.30. The average Bonchev–Trinajstić information content (AvgIpc) is 2.44. The summed E-state index contributed by atoms with van der Waals surface area (Å²) >= 11 is 0. The molecule has 0 amide bonds. The maximum absolute atomic E-state index is 8.90. The van der Waals surface area contributed by atoms with Crippen molar-refractivity contribution in [2.24, 2.45) is 0 Å². The fourth-order valence-electron chi connectivity index (χ4n) is 1.93. The Kier molecular flexibility index (Phi) is 6.25. The fourth-order valence-corrected chi connectivity index (χ4v) is 1.93. The molecule has 1 rings (SSSR count). The summed E-state index contributed by atoms with van der Waals surface area (Å²) in [6.07, 6.45) is 2.47. The van der Waals surface area contributed by atoms with Crippen molar-refractivity contribution in [2.75, 3.05) is 29.9 Å². The molecular formula is C14H20N6. The minimum atomic E-state index is 0.136. The average molecular weight is 272 g/mol. The van der Waals surface area contributed by atoms with Crippen LogP contribution in [0, 0.1) is 22.7 Å². The van der Waals surface area contributed by atoms with Gasteiger partial charge in [0.1, 0.15) is 31.1 Å². The summed E-state index contributed by atoms with van der Waals surface area (Å²) in [5, 5.41) is 21.1. The molecule has 1 aromatic rings. The van der Waals surface area contributed by atoms with Gasteiger partial charge in [0.25, 0.3) is 0 Å². The summed E-state index contributed by atoms with van der Waals surface area (Å²) in [5.41, 5.74) is 0.950. The molecule has 0 atom stereocenters. The zero-order valence-electron chi connectivity index (χ0n) is 12.2. The molecule has 1 heterocycles. The summed E-state index contributed by atoms with van der Waals surface area (Å²) in [7, 11) is 0. The first-order valence-electron chi connectivity index (χ1n) is 6.73. The van der Waals surface area contributed by atoms with Gasteiger partial charge < -0.3 is 10.2 Å². The van der Waals surface area contributed by atoms with E-state index in [0.717, 1.165) is 24.3 Å². The van der Waals surface area contributed by atoms with E-state index in [1.807, 2.05) is 0 Å². The topological polar surface area (TPSA) is 88.6 Å². The molecule has 6 heteroatoms. The third-order valence-corrected chi connectivity index (χ3v) is 2.81. The van der Waals surface area contributed by atoms with Gasteiger partial charge in [-0.1, -0.05) is 20.8 Å². The van der Waals surface area contributed by atoms with E-state index >= 15 is 0 Å². The van der Waals surface area contributed by atoms with Crippen LogP contribution in [-0.4, -0.2) is 29.6 Å². The lowest BCUT2D eigenvalue weighted by molar-refractivity contribution is 0.814. The predicted molar refractivity (Wildman–Crippen MR) is 78.3 cm³/mol. The smallest absolute Gasteiger partial charge is 0.139 e. The molecule has 0 aliphatic rings. The van der Waals surface area contributed by atoms with Crippen LogP contribution in [-0.2, 0) is 0 Å². The third kappa shape index (κ3) is 3.83. The highest BCUT2D eigenvalue weighted by Gasteiger charge is 2.19. The van der Waals surface area contributed by atoms with E-state index in [-0.39, 0.29) is 19.0 Å². The number of nitrogens with one attached hydrogen (secondary N) is 1. The van der Waals surface area contributed by atoms with Crippen LogP contribution in [0.1, 0.15) is 38.7 Å². The van der Waals surface area contributed by atoms with Crippen molar-refractivity contribution >= 4 is 11.6 Å². The summed E-state index contributed by atoms with van der Waals surface area (Å²) < 4.78 is 0. The highest BCUT2D eigenvalue weighted by molar-refractivity contribution is 5.61. The maximum atomic E-state index is 8.90. The zero-order chi connectivity index (χ0) is 15.0. The molecule has 0 aliphatic heterocycles. The standard InChI is InChI=1S/C14H20N6/c1-4-7-17-13-12(11(2)3)14(19-10-18-13)20(8-5-15)9-6-16/h10-11H,4,7-9H2,1-3H3,(H,17,18,19). The monoisotopic (exact) mass is 272 g/mol. The second kappa shape index (κ2) is 7.96. The van der Waals surface area contributed by atoms with E-state index in [2.05, 4.69) is 48.2 Å². The highest BCUT2D eigenvalue weighted by atomic mass is 15.2. The summed E-state index contributed by atoms with van der Waals surface area (Å²) in [5.74, 6) is 1.65. The first kappa shape index (κ1) is 15.7. The van der Waals surface area contributed by atoms with Gasteiger partial charge in [0.15, 0.2) is 0 Å². The molecule has 0 aliphatic carbocycles. The molecule has 106 valence electrons. The Morgan fingerprint density at radius 2 is 1.90 bits per heavy atom. The molecule has 0 saturated carbocycles. The minimum Gasteiger partial charge on any atom is -0.370 e. The Labute approximate surface area is 120 Å². The third-order valence-electron chi connectivity index (χ3n) is 2.81. The summed E-state index contributed by atoms with van der Waals surface area (Å²) in [6, 6.07) is 4.15. The Morgan fingerprint density at radius 3 is 2.40 bits per heavy atom. The molecule has 0 saturated heterocycles. The molecule has 1 N–H and O–H groups in total. The number of aromatic nitrogens is 2. The van der Waals surface area contributed by atoms with Gasteiger partial charge in [-0.05, 0) is 12.3 Å². The van der Waals surface area contributed by atoms with E-state index in [9.17, 15) is 0 Å². The fraction of sp³-hybridized carbons (Fsp3) is 0.571. The lowest BCUT2D eigenvalue weighted by Crippen LogP contribution is -2.27. The molecule has 0 aromatic carbocycles. The van der Waals surface area contributed by atoms with Crippen molar-refractivity contribution in [1.82, 2.24) is 9.97 Å². The second-order valence-electron chi connectivity index (χ2n) is 4.71. The normalized spacial score (nSPS) is 9.90. The molecule has 1 aromatic heterocycles. The Bertz CT molecular complexity index is 495. The lowest BCUT2D eigenvalue weighted by atomic mass is 10.0. The number of nitrogens with zero attached hydrogens (tertiary/aromatic N) is 5. The van der Waals surface area contributed by atoms with E-state index < -0.39 is 0 Å². The van der Waals surface area contributed by atoms with Crippen LogP contribution < -0.4 is 10.2 Å². The van der Waals surface area contributed by atoms with Crippen molar-refractivity contribution in [3.63, 3.8) is 0 Å². The van der Waals surface area contributed by atoms with Gasteiger partial charge in [-0.15, -0.1) is 0 Å². The van der Waals surface area contributed by atoms with Crippen LogP contribution in [0.15, 0.2) is 6.33 Å². The largest absolute Gasteiger partial charge is 0.370 e. The summed E-state index contributed by atoms with van der Waals surface area (Å²) in [6.45, 7) is 7.29. The number of anilines is 2. The molecule has 0 spiro atoms. The molecular weight excluding hydrogens is 252 g/mol. The van der Waals surface area contributed by atoms with E-state index in [4.69, 9.17) is 10.5 Å². The predicted octanol–water partition coefficient (Wildman–Crippen LogP) is 2.28. The van der Waals surface area contributed by atoms with Crippen molar-refractivity contribution in [3.05, 3.63) is 11.9 Å². The van der Waals surface area contributed by atoms with Gasteiger partial charge in [-0.25, -0.2) is 9.97 Å². The number of rotatable bonds is 7. The van der Waals surface area contributed by atoms with Gasteiger partial charge in [0.05, 0.1) is 12.1 Å². The van der Waals surface area contributed by atoms with Crippen LogP contribution in [0.3, 0.4) is 0 Å². The molecule has 0 unspecified atom stereocenters. The van der Waals surface area contributed by atoms with E-state index in [1.54, 1.807) is 4.90 Å². The van der Waals surface area contributed by atoms with Crippen LogP contribution in [0.5, 0.6) is 0 Å². The van der Waals surface area contributed by atoms with Gasteiger partial charge in [-0.2, -0.15) is 10.5 Å². The number of hydrogen-bond donors (Lipinski definition) is 1. The molecule has 0 radical (unpaired) electrons. The van der Waals surface area contributed by atoms with Gasteiger partial charge >= 0.3 is 0 Å². The van der Waals surface area contributed by atoms with Crippen molar-refractivity contribution in [1.29, 1.82) is 10.5 Å². The Morgan fingerprint density at radius 1 is 1.25 bits per heavy atom. The van der Waals surface area contributed by atoms with E-state index in [0.29, 0.717) is 5.82 Å². The van der Waals surface area contributed by atoms with Crippen LogP contribution >= 0.6 is 0 Å². The first-order valence-corrected chi connectivity index (χ1v) is 6.73. The van der Waals surface area contributed by atoms with Crippen LogP contribution in [0.25, 0.3) is 0 Å². The minimum absolute atomic E-state index is 0.136. The maximum Gasteiger partial charge on any atom is 0.139 e. The van der Waals surface area contributed by atoms with Gasteiger partial charge in [0, 0.05) is 12.1 Å². The molecule has 0 bridgehead atoms. The second-order valence-corrected chi connectivity index (χ2v) is 4.71. The van der Waals surface area contributed by atoms with Gasteiger partial charge in [0.2, 0.25) is 0 Å². The molecule has 20 heavy (non-hydrogen) atoms. The van der Waals surface area contributed by atoms with Crippen LogP contribution in [0.2, 0.25) is 0 Å². The number of hydrogen-bond acceptors (Lipinski definition) is 6. The summed E-state index contributed by atoms with van der Waals surface area (Å²) in [4.78, 5) is 10.2.